The summed E-state index contributed by atoms with van der Waals surface area (Å²) < 4.78 is 0. The Morgan fingerprint density at radius 2 is 1.88 bits per heavy atom. The third-order valence-electron chi connectivity index (χ3n) is 2.34. The van der Waals surface area contributed by atoms with Crippen molar-refractivity contribution in [1.29, 1.82) is 0 Å². The van der Waals surface area contributed by atoms with E-state index in [2.05, 4.69) is 5.16 Å². The maximum atomic E-state index is 11.6. The molecule has 0 aromatic heterocycles. The molecule has 16 heavy (non-hydrogen) atoms. The lowest BCUT2D eigenvalue weighted by molar-refractivity contribution is -0.200. The number of nitrogens with zero attached hydrogens (tertiary/aromatic N) is 2. The van der Waals surface area contributed by atoms with Crippen LogP contribution in [0.5, 0.6) is 0 Å². The number of hydrogen-bond acceptors (Lipinski definition) is 5. The Bertz CT molecular complexity index is 271. The second kappa shape index (κ2) is 5.30. The molecule has 1 aliphatic rings. The molecule has 1 aliphatic heterocycles. The van der Waals surface area contributed by atoms with Gasteiger partial charge >= 0.3 is 5.97 Å². The molecule has 1 fully saturated rings. The second-order valence-electron chi connectivity index (χ2n) is 4.90. The molecule has 1 rings (SSSR count). The van der Waals surface area contributed by atoms with Crippen molar-refractivity contribution < 1.29 is 14.5 Å². The Hall–Kier alpha value is -1.10. The molecule has 0 N–H and O–H groups in total. The zero-order valence-corrected chi connectivity index (χ0v) is 10.4. The summed E-state index contributed by atoms with van der Waals surface area (Å²) in [6, 6.07) is 0. The number of carbonyl (C=O) groups excluding carboxylic acids is 1. The maximum Gasteiger partial charge on any atom is 0.330 e. The zero-order chi connectivity index (χ0) is 12.2. The van der Waals surface area contributed by atoms with Crippen LogP contribution >= 0.6 is 0 Å². The Morgan fingerprint density at radius 1 is 1.31 bits per heavy atom. The minimum absolute atomic E-state index is 0.195. The molecule has 0 bridgehead atoms. The van der Waals surface area contributed by atoms with Crippen molar-refractivity contribution in [1.82, 2.24) is 5.06 Å². The molecular weight excluding hydrogens is 208 g/mol. The number of hydroxylamine groups is 2. The standard InChI is InChI=1S/C11H20N2O3/c1-11(2,3)10(14)16-13-7-5-9(6-8-13)12-15-4/h5-8H2,1-4H3. The van der Waals surface area contributed by atoms with Crippen molar-refractivity contribution in [2.75, 3.05) is 20.2 Å². The highest BCUT2D eigenvalue weighted by Crippen LogP contribution is 2.17. The van der Waals surface area contributed by atoms with E-state index in [4.69, 9.17) is 9.68 Å². The van der Waals surface area contributed by atoms with E-state index in [9.17, 15) is 4.79 Å². The number of carbonyl (C=O) groups is 1. The second-order valence-corrected chi connectivity index (χ2v) is 4.90. The molecule has 0 amide bonds. The number of oxime groups is 1. The quantitative estimate of drug-likeness (QED) is 0.673. The normalized spacial score (nSPS) is 18.1. The van der Waals surface area contributed by atoms with E-state index in [0.29, 0.717) is 13.1 Å². The summed E-state index contributed by atoms with van der Waals surface area (Å²) in [5.41, 5.74) is 0.562. The smallest absolute Gasteiger partial charge is 0.330 e. The number of piperidine rings is 1. The van der Waals surface area contributed by atoms with Crippen LogP contribution in [0, 0.1) is 5.41 Å². The average molecular weight is 228 g/mol. The van der Waals surface area contributed by atoms with Crippen molar-refractivity contribution in [3.05, 3.63) is 0 Å². The predicted molar refractivity (Wildman–Crippen MR) is 60.8 cm³/mol. The van der Waals surface area contributed by atoms with Crippen LogP contribution in [0.4, 0.5) is 0 Å². The molecule has 0 aromatic rings. The molecule has 1 heterocycles. The van der Waals surface area contributed by atoms with Gasteiger partial charge < -0.3 is 9.68 Å². The molecule has 5 nitrogen and oxygen atoms in total. The lowest BCUT2D eigenvalue weighted by atomic mass is 9.98. The van der Waals surface area contributed by atoms with Crippen LogP contribution in [0.25, 0.3) is 0 Å². The van der Waals surface area contributed by atoms with Crippen molar-refractivity contribution >= 4 is 11.7 Å². The van der Waals surface area contributed by atoms with Crippen LogP contribution < -0.4 is 0 Å². The summed E-state index contributed by atoms with van der Waals surface area (Å²) >= 11 is 0. The van der Waals surface area contributed by atoms with Crippen LogP contribution in [0.3, 0.4) is 0 Å². The molecule has 0 atom stereocenters. The highest BCUT2D eigenvalue weighted by molar-refractivity contribution is 5.85. The highest BCUT2D eigenvalue weighted by atomic mass is 16.7. The van der Waals surface area contributed by atoms with Crippen LogP contribution in [0.2, 0.25) is 0 Å². The molecule has 92 valence electrons. The van der Waals surface area contributed by atoms with E-state index in [-0.39, 0.29) is 5.97 Å². The third kappa shape index (κ3) is 3.81. The first-order chi connectivity index (χ1) is 7.43. The third-order valence-corrected chi connectivity index (χ3v) is 2.34. The fourth-order valence-electron chi connectivity index (χ4n) is 1.31. The maximum absolute atomic E-state index is 11.6. The molecule has 5 heteroatoms. The molecule has 0 spiro atoms. The van der Waals surface area contributed by atoms with Gasteiger partial charge in [0.15, 0.2) is 0 Å². The van der Waals surface area contributed by atoms with Crippen molar-refractivity contribution in [2.24, 2.45) is 10.6 Å². The van der Waals surface area contributed by atoms with E-state index in [0.717, 1.165) is 18.6 Å². The lowest BCUT2D eigenvalue weighted by Crippen LogP contribution is -2.39. The van der Waals surface area contributed by atoms with Gasteiger partial charge in [0.05, 0.1) is 11.1 Å². The summed E-state index contributed by atoms with van der Waals surface area (Å²) in [6.45, 7) is 6.90. The van der Waals surface area contributed by atoms with Crippen molar-refractivity contribution in [3.63, 3.8) is 0 Å². The molecule has 0 aliphatic carbocycles. The molecular formula is C11H20N2O3. The molecule has 0 unspecified atom stereocenters. The van der Waals surface area contributed by atoms with Gasteiger partial charge in [-0.3, -0.25) is 0 Å². The molecule has 0 radical (unpaired) electrons. The van der Waals surface area contributed by atoms with E-state index < -0.39 is 5.41 Å². The number of rotatable bonds is 2. The Kier molecular flexibility index (Phi) is 4.29. The first-order valence-corrected chi connectivity index (χ1v) is 5.49. The SMILES string of the molecule is CON=C1CCN(OC(=O)C(C)(C)C)CC1. The summed E-state index contributed by atoms with van der Waals surface area (Å²) in [4.78, 5) is 21.6. The van der Waals surface area contributed by atoms with E-state index in [1.54, 1.807) is 12.2 Å². The van der Waals surface area contributed by atoms with Crippen LogP contribution in [0.1, 0.15) is 33.6 Å². The predicted octanol–water partition coefficient (Wildman–Crippen LogP) is 1.59. The van der Waals surface area contributed by atoms with E-state index >= 15 is 0 Å². The number of hydrogen-bond donors (Lipinski definition) is 0. The van der Waals surface area contributed by atoms with Gasteiger partial charge in [0.25, 0.3) is 0 Å². The minimum atomic E-state index is -0.457. The zero-order valence-electron chi connectivity index (χ0n) is 10.4. The fraction of sp³-hybridized carbons (Fsp3) is 0.818. The van der Waals surface area contributed by atoms with Crippen LogP contribution in [-0.2, 0) is 14.5 Å². The van der Waals surface area contributed by atoms with Gasteiger partial charge in [0.2, 0.25) is 0 Å². The van der Waals surface area contributed by atoms with Gasteiger partial charge in [-0.1, -0.05) is 5.16 Å². The van der Waals surface area contributed by atoms with Gasteiger partial charge in [-0.2, -0.15) is 0 Å². The van der Waals surface area contributed by atoms with Gasteiger partial charge in [0.1, 0.15) is 7.11 Å². The van der Waals surface area contributed by atoms with Gasteiger partial charge in [-0.25, -0.2) is 4.79 Å². The summed E-state index contributed by atoms with van der Waals surface area (Å²) in [7, 11) is 1.54. The topological polar surface area (TPSA) is 51.1 Å². The summed E-state index contributed by atoms with van der Waals surface area (Å²) in [5.74, 6) is -0.195. The Morgan fingerprint density at radius 3 is 2.31 bits per heavy atom. The summed E-state index contributed by atoms with van der Waals surface area (Å²) in [6.07, 6.45) is 1.57. The molecule has 1 saturated heterocycles. The Balaban J connectivity index is 2.38. The van der Waals surface area contributed by atoms with Gasteiger partial charge in [-0.05, 0) is 20.8 Å². The van der Waals surface area contributed by atoms with E-state index in [1.807, 2.05) is 20.8 Å². The van der Waals surface area contributed by atoms with Crippen LogP contribution in [-0.4, -0.2) is 36.9 Å². The highest BCUT2D eigenvalue weighted by Gasteiger charge is 2.27. The fourth-order valence-corrected chi connectivity index (χ4v) is 1.31. The molecule has 0 aromatic carbocycles. The lowest BCUT2D eigenvalue weighted by Gasteiger charge is -2.28. The van der Waals surface area contributed by atoms with Crippen LogP contribution in [0.15, 0.2) is 5.16 Å². The molecule has 0 saturated carbocycles. The first kappa shape index (κ1) is 13.0. The van der Waals surface area contributed by atoms with Crippen molar-refractivity contribution in [3.8, 4) is 0 Å². The van der Waals surface area contributed by atoms with Gasteiger partial charge in [0, 0.05) is 25.9 Å². The minimum Gasteiger partial charge on any atom is -0.399 e. The van der Waals surface area contributed by atoms with Gasteiger partial charge in [-0.15, -0.1) is 5.06 Å². The Labute approximate surface area is 96.3 Å². The summed E-state index contributed by atoms with van der Waals surface area (Å²) in [5, 5.41) is 5.59. The first-order valence-electron chi connectivity index (χ1n) is 5.49. The van der Waals surface area contributed by atoms with E-state index in [1.165, 1.54) is 0 Å². The largest absolute Gasteiger partial charge is 0.399 e. The average Bonchev–Trinajstić information content (AvgIpc) is 2.20. The monoisotopic (exact) mass is 228 g/mol. The van der Waals surface area contributed by atoms with Crippen molar-refractivity contribution in [2.45, 2.75) is 33.6 Å².